The van der Waals surface area contributed by atoms with E-state index in [0.717, 1.165) is 22.0 Å². The number of aromatic nitrogens is 1. The highest BCUT2D eigenvalue weighted by Gasteiger charge is 2.08. The van der Waals surface area contributed by atoms with Crippen LogP contribution in [0.1, 0.15) is 10.6 Å². The van der Waals surface area contributed by atoms with E-state index in [1.807, 2.05) is 31.2 Å². The zero-order chi connectivity index (χ0) is 11.5. The monoisotopic (exact) mass is 253 g/mol. The van der Waals surface area contributed by atoms with Crippen LogP contribution in [0.2, 0.25) is 0 Å². The minimum atomic E-state index is 0.471. The molecule has 2 rings (SSSR count). The molecule has 0 saturated heterocycles. The molecule has 0 aliphatic carbocycles. The lowest BCUT2D eigenvalue weighted by Crippen LogP contribution is -1.83. The second-order valence-electron chi connectivity index (χ2n) is 3.38. The van der Waals surface area contributed by atoms with Gasteiger partial charge < -0.3 is 4.74 Å². The van der Waals surface area contributed by atoms with E-state index in [1.165, 1.54) is 4.88 Å². The van der Waals surface area contributed by atoms with Gasteiger partial charge in [-0.1, -0.05) is 0 Å². The highest BCUT2D eigenvalue weighted by atomic mass is 35.5. The van der Waals surface area contributed by atoms with Crippen LogP contribution >= 0.6 is 22.9 Å². The minimum absolute atomic E-state index is 0.471. The number of benzene rings is 1. The first-order valence-corrected chi connectivity index (χ1v) is 6.26. The molecule has 84 valence electrons. The molecular weight excluding hydrogens is 242 g/mol. The van der Waals surface area contributed by atoms with Crippen LogP contribution in [-0.4, -0.2) is 12.1 Å². The van der Waals surface area contributed by atoms with Gasteiger partial charge in [0, 0.05) is 10.4 Å². The van der Waals surface area contributed by atoms with Gasteiger partial charge >= 0.3 is 0 Å². The number of hydrogen-bond acceptors (Lipinski definition) is 3. The lowest BCUT2D eigenvalue weighted by atomic mass is 10.2. The van der Waals surface area contributed by atoms with Crippen molar-refractivity contribution >= 4 is 22.9 Å². The summed E-state index contributed by atoms with van der Waals surface area (Å²) in [5, 5.41) is 1.01. The normalized spacial score (nSPS) is 10.4. The van der Waals surface area contributed by atoms with E-state index in [4.69, 9.17) is 16.3 Å². The van der Waals surface area contributed by atoms with E-state index in [2.05, 4.69) is 4.98 Å². The van der Waals surface area contributed by atoms with Crippen molar-refractivity contribution in [2.24, 2.45) is 0 Å². The van der Waals surface area contributed by atoms with E-state index in [-0.39, 0.29) is 0 Å². The lowest BCUT2D eigenvalue weighted by molar-refractivity contribution is 0.415. The first kappa shape index (κ1) is 11.4. The van der Waals surface area contributed by atoms with Crippen molar-refractivity contribution in [3.05, 3.63) is 34.8 Å². The number of ether oxygens (including phenoxy) is 1. The molecule has 0 saturated carbocycles. The minimum Gasteiger partial charge on any atom is -0.497 e. The van der Waals surface area contributed by atoms with Gasteiger partial charge in [-0.25, -0.2) is 4.98 Å². The Morgan fingerprint density at radius 2 is 2.00 bits per heavy atom. The quantitative estimate of drug-likeness (QED) is 0.775. The largest absolute Gasteiger partial charge is 0.497 e. The number of halogens is 1. The van der Waals surface area contributed by atoms with Crippen LogP contribution in [0.5, 0.6) is 5.75 Å². The Balaban J connectivity index is 2.34. The summed E-state index contributed by atoms with van der Waals surface area (Å²) in [6, 6.07) is 7.89. The van der Waals surface area contributed by atoms with Gasteiger partial charge in [-0.15, -0.1) is 22.9 Å². The summed E-state index contributed by atoms with van der Waals surface area (Å²) < 4.78 is 5.12. The maximum absolute atomic E-state index is 5.80. The third kappa shape index (κ3) is 2.20. The number of rotatable bonds is 3. The van der Waals surface area contributed by atoms with Crippen molar-refractivity contribution in [1.29, 1.82) is 0 Å². The number of methoxy groups -OCH3 is 1. The second-order valence-corrected chi connectivity index (χ2v) is 4.85. The zero-order valence-corrected chi connectivity index (χ0v) is 10.7. The molecule has 16 heavy (non-hydrogen) atoms. The van der Waals surface area contributed by atoms with E-state index in [9.17, 15) is 0 Å². The van der Waals surface area contributed by atoms with Crippen molar-refractivity contribution in [2.45, 2.75) is 12.8 Å². The van der Waals surface area contributed by atoms with Crippen molar-refractivity contribution in [1.82, 2.24) is 4.98 Å². The fourth-order valence-electron chi connectivity index (χ4n) is 1.41. The molecule has 1 heterocycles. The summed E-state index contributed by atoms with van der Waals surface area (Å²) >= 11 is 7.47. The van der Waals surface area contributed by atoms with Gasteiger partial charge in [-0.2, -0.15) is 0 Å². The van der Waals surface area contributed by atoms with Crippen LogP contribution in [0.15, 0.2) is 24.3 Å². The lowest BCUT2D eigenvalue weighted by Gasteiger charge is -1.99. The van der Waals surface area contributed by atoms with E-state index in [0.29, 0.717) is 5.88 Å². The average molecular weight is 254 g/mol. The van der Waals surface area contributed by atoms with Gasteiger partial charge in [0.2, 0.25) is 0 Å². The molecule has 1 aromatic carbocycles. The van der Waals surface area contributed by atoms with Crippen molar-refractivity contribution in [3.8, 4) is 16.3 Å². The number of alkyl halides is 1. The molecule has 0 atom stereocenters. The first-order chi connectivity index (χ1) is 7.74. The summed E-state index contributed by atoms with van der Waals surface area (Å²) in [7, 11) is 1.66. The number of aryl methyl sites for hydroxylation is 1. The van der Waals surface area contributed by atoms with Gasteiger partial charge in [-0.05, 0) is 31.2 Å². The highest BCUT2D eigenvalue weighted by Crippen LogP contribution is 2.29. The maximum atomic E-state index is 5.80. The molecule has 2 aromatic rings. The van der Waals surface area contributed by atoms with Crippen LogP contribution in [0.25, 0.3) is 10.6 Å². The van der Waals surface area contributed by atoms with Gasteiger partial charge in [0.25, 0.3) is 0 Å². The van der Waals surface area contributed by atoms with E-state index < -0.39 is 0 Å². The molecule has 0 N–H and O–H groups in total. The molecule has 0 unspecified atom stereocenters. The van der Waals surface area contributed by atoms with Crippen LogP contribution in [-0.2, 0) is 5.88 Å². The molecule has 0 aliphatic heterocycles. The Kier molecular flexibility index (Phi) is 3.46. The summed E-state index contributed by atoms with van der Waals surface area (Å²) in [6.07, 6.45) is 0. The smallest absolute Gasteiger partial charge is 0.123 e. The van der Waals surface area contributed by atoms with Gasteiger partial charge in [0.15, 0.2) is 0 Å². The molecule has 4 heteroatoms. The molecule has 2 nitrogen and oxygen atoms in total. The molecule has 0 radical (unpaired) electrons. The number of hydrogen-bond donors (Lipinski definition) is 0. The van der Waals surface area contributed by atoms with E-state index >= 15 is 0 Å². The Labute approximate surface area is 104 Å². The van der Waals surface area contributed by atoms with Crippen LogP contribution in [0.4, 0.5) is 0 Å². The molecule has 0 bridgehead atoms. The van der Waals surface area contributed by atoms with Crippen molar-refractivity contribution < 1.29 is 4.74 Å². The maximum Gasteiger partial charge on any atom is 0.123 e. The Morgan fingerprint density at radius 1 is 1.31 bits per heavy atom. The predicted octanol–water partition coefficient (Wildman–Crippen LogP) is 3.87. The van der Waals surface area contributed by atoms with Gasteiger partial charge in [0.05, 0.1) is 18.7 Å². The van der Waals surface area contributed by atoms with Crippen LogP contribution < -0.4 is 4.74 Å². The molecule has 0 amide bonds. The topological polar surface area (TPSA) is 22.1 Å². The zero-order valence-electron chi connectivity index (χ0n) is 9.16. The molecule has 0 aliphatic rings. The van der Waals surface area contributed by atoms with Gasteiger partial charge in [0.1, 0.15) is 10.8 Å². The summed E-state index contributed by atoms with van der Waals surface area (Å²) in [5.74, 6) is 1.33. The number of thiazole rings is 1. The van der Waals surface area contributed by atoms with Crippen LogP contribution in [0.3, 0.4) is 0 Å². The highest BCUT2D eigenvalue weighted by molar-refractivity contribution is 7.15. The SMILES string of the molecule is COc1ccc(-c2nc(CCl)c(C)s2)cc1. The van der Waals surface area contributed by atoms with Crippen LogP contribution in [0, 0.1) is 6.92 Å². The predicted molar refractivity (Wildman–Crippen MR) is 68.4 cm³/mol. The first-order valence-electron chi connectivity index (χ1n) is 4.91. The molecule has 1 aromatic heterocycles. The number of nitrogens with zero attached hydrogens (tertiary/aromatic N) is 1. The Hall–Kier alpha value is -1.06. The summed E-state index contributed by atoms with van der Waals surface area (Å²) in [4.78, 5) is 5.68. The molecule has 0 spiro atoms. The molecule has 0 fully saturated rings. The standard InChI is InChI=1S/C12H12ClNOS/c1-8-11(7-13)14-12(16-8)9-3-5-10(15-2)6-4-9/h3-6H,7H2,1-2H3. The summed E-state index contributed by atoms with van der Waals surface area (Å²) in [5.41, 5.74) is 2.07. The Morgan fingerprint density at radius 3 is 2.50 bits per heavy atom. The van der Waals surface area contributed by atoms with Gasteiger partial charge in [-0.3, -0.25) is 0 Å². The van der Waals surface area contributed by atoms with Crippen molar-refractivity contribution in [3.63, 3.8) is 0 Å². The summed E-state index contributed by atoms with van der Waals surface area (Å²) in [6.45, 7) is 2.04. The van der Waals surface area contributed by atoms with Crippen molar-refractivity contribution in [2.75, 3.05) is 7.11 Å². The van der Waals surface area contributed by atoms with E-state index in [1.54, 1.807) is 18.4 Å². The Bertz CT molecular complexity index is 478. The third-order valence-corrected chi connectivity index (χ3v) is 3.67. The fraction of sp³-hybridized carbons (Fsp3) is 0.250. The average Bonchev–Trinajstić information content (AvgIpc) is 2.71. The third-order valence-electron chi connectivity index (χ3n) is 2.36. The second kappa shape index (κ2) is 4.85. The molecular formula is C12H12ClNOS. The fourth-order valence-corrected chi connectivity index (χ4v) is 2.68.